The van der Waals surface area contributed by atoms with E-state index >= 15 is 0 Å². The van der Waals surface area contributed by atoms with Crippen molar-refractivity contribution < 1.29 is 26.7 Å². The number of fused-ring (bicyclic) bond motifs is 5. The zero-order chi connectivity index (χ0) is 20.2. The molecule has 0 radical (unpaired) electrons. The molecule has 2 bridgehead atoms. The van der Waals surface area contributed by atoms with Gasteiger partial charge in [0.15, 0.2) is 5.82 Å². The molecular weight excluding hydrogens is 385 g/mol. The average molecular weight is 401 g/mol. The van der Waals surface area contributed by atoms with Crippen LogP contribution in [-0.2, 0) is 17.4 Å². The Bertz CT molecular complexity index is 927. The van der Waals surface area contributed by atoms with Crippen LogP contribution in [0.4, 0.5) is 22.0 Å². The van der Waals surface area contributed by atoms with Gasteiger partial charge in [-0.25, -0.2) is 8.78 Å². The summed E-state index contributed by atoms with van der Waals surface area (Å²) < 4.78 is 67.1. The summed E-state index contributed by atoms with van der Waals surface area (Å²) in [5, 5.41) is 6.85. The zero-order valence-electron chi connectivity index (χ0n) is 14.5. The van der Waals surface area contributed by atoms with Crippen molar-refractivity contribution in [2.45, 2.75) is 43.6 Å². The number of likely N-dealkylation sites (tertiary alicyclic amines) is 1. The number of alkyl halides is 3. The lowest BCUT2D eigenvalue weighted by Gasteiger charge is -2.28. The molecule has 4 rings (SSSR count). The van der Waals surface area contributed by atoms with Crippen LogP contribution in [0.1, 0.15) is 42.1 Å². The van der Waals surface area contributed by atoms with Crippen LogP contribution in [0.5, 0.6) is 0 Å². The van der Waals surface area contributed by atoms with E-state index in [-0.39, 0.29) is 36.7 Å². The minimum Gasteiger partial charge on any atom is -0.330 e. The Morgan fingerprint density at radius 3 is 2.75 bits per heavy atom. The third-order valence-corrected chi connectivity index (χ3v) is 5.16. The SMILES string of the molecule is NC(CC(=O)N1C[C@@H]2C[C@H]1c1nnc(C(F)(F)F)n12)Cc1cc(F)ccc1F. The third-order valence-electron chi connectivity index (χ3n) is 5.16. The van der Waals surface area contributed by atoms with E-state index in [0.29, 0.717) is 6.42 Å². The molecule has 1 amide bonds. The normalized spacial score (nSPS) is 21.9. The Hall–Kier alpha value is -2.56. The molecule has 11 heteroatoms. The van der Waals surface area contributed by atoms with E-state index in [4.69, 9.17) is 5.73 Å². The first-order chi connectivity index (χ1) is 13.1. The van der Waals surface area contributed by atoms with Gasteiger partial charge in [-0.2, -0.15) is 13.2 Å². The first-order valence-electron chi connectivity index (χ1n) is 8.66. The molecule has 3 heterocycles. The molecule has 3 atom stereocenters. The number of benzene rings is 1. The van der Waals surface area contributed by atoms with Crippen LogP contribution in [-0.4, -0.2) is 38.2 Å². The van der Waals surface area contributed by atoms with Crippen LogP contribution in [0.15, 0.2) is 18.2 Å². The van der Waals surface area contributed by atoms with Gasteiger partial charge in [0.05, 0.1) is 12.1 Å². The predicted octanol–water partition coefficient (Wildman–Crippen LogP) is 2.36. The Morgan fingerprint density at radius 1 is 1.29 bits per heavy atom. The zero-order valence-corrected chi connectivity index (χ0v) is 14.5. The van der Waals surface area contributed by atoms with Crippen molar-refractivity contribution >= 4 is 5.91 Å². The van der Waals surface area contributed by atoms with Gasteiger partial charge in [-0.3, -0.25) is 4.79 Å². The van der Waals surface area contributed by atoms with Crippen molar-refractivity contribution in [3.05, 3.63) is 47.0 Å². The largest absolute Gasteiger partial charge is 0.451 e. The maximum Gasteiger partial charge on any atom is 0.451 e. The number of nitrogens with zero attached hydrogens (tertiary/aromatic N) is 4. The number of carbonyl (C=O) groups excluding carboxylic acids is 1. The van der Waals surface area contributed by atoms with Crippen LogP contribution >= 0.6 is 0 Å². The number of amides is 1. The second kappa shape index (κ2) is 6.50. The maximum absolute atomic E-state index is 13.7. The van der Waals surface area contributed by atoms with Crippen molar-refractivity contribution in [1.29, 1.82) is 0 Å². The van der Waals surface area contributed by atoms with Crippen molar-refractivity contribution in [3.8, 4) is 0 Å². The first-order valence-corrected chi connectivity index (χ1v) is 8.66. The summed E-state index contributed by atoms with van der Waals surface area (Å²) in [6.07, 6.45) is -4.44. The van der Waals surface area contributed by atoms with Gasteiger partial charge in [-0.15, -0.1) is 10.2 Å². The fourth-order valence-electron chi connectivity index (χ4n) is 4.00. The summed E-state index contributed by atoms with van der Waals surface area (Å²) in [4.78, 5) is 14.0. The Balaban J connectivity index is 1.44. The fraction of sp³-hybridized carbons (Fsp3) is 0.471. The predicted molar refractivity (Wildman–Crippen MR) is 85.8 cm³/mol. The summed E-state index contributed by atoms with van der Waals surface area (Å²) >= 11 is 0. The van der Waals surface area contributed by atoms with E-state index in [1.165, 1.54) is 4.90 Å². The summed E-state index contributed by atoms with van der Waals surface area (Å²) in [5.74, 6) is -2.52. The number of rotatable bonds is 4. The van der Waals surface area contributed by atoms with Crippen LogP contribution in [0, 0.1) is 11.6 Å². The number of hydrogen-bond donors (Lipinski definition) is 1. The van der Waals surface area contributed by atoms with Gasteiger partial charge in [0, 0.05) is 19.0 Å². The second-order valence-corrected chi connectivity index (χ2v) is 7.11. The monoisotopic (exact) mass is 401 g/mol. The van der Waals surface area contributed by atoms with Crippen molar-refractivity contribution in [3.63, 3.8) is 0 Å². The summed E-state index contributed by atoms with van der Waals surface area (Å²) in [5.41, 5.74) is 6.00. The van der Waals surface area contributed by atoms with Crippen molar-refractivity contribution in [1.82, 2.24) is 19.7 Å². The molecule has 6 nitrogen and oxygen atoms in total. The summed E-state index contributed by atoms with van der Waals surface area (Å²) in [7, 11) is 0. The van der Waals surface area contributed by atoms with E-state index in [0.717, 1.165) is 22.8 Å². The number of aromatic nitrogens is 3. The molecule has 28 heavy (non-hydrogen) atoms. The quantitative estimate of drug-likeness (QED) is 0.798. The lowest BCUT2D eigenvalue weighted by Crippen LogP contribution is -2.39. The number of halogens is 5. The minimum absolute atomic E-state index is 0.0360. The summed E-state index contributed by atoms with van der Waals surface area (Å²) in [6, 6.07) is 1.13. The highest BCUT2D eigenvalue weighted by molar-refractivity contribution is 5.78. The molecular formula is C17H16F5N5O. The van der Waals surface area contributed by atoms with Gasteiger partial charge in [0.25, 0.3) is 0 Å². The Kier molecular flexibility index (Phi) is 4.36. The lowest BCUT2D eigenvalue weighted by molar-refractivity contribution is -0.148. The molecule has 1 fully saturated rings. The molecule has 150 valence electrons. The molecule has 1 aromatic carbocycles. The highest BCUT2D eigenvalue weighted by Crippen LogP contribution is 2.47. The van der Waals surface area contributed by atoms with Gasteiger partial charge in [0.1, 0.15) is 11.6 Å². The molecule has 1 unspecified atom stereocenters. The Morgan fingerprint density at radius 2 is 2.04 bits per heavy atom. The fourth-order valence-corrected chi connectivity index (χ4v) is 4.00. The van der Waals surface area contributed by atoms with Crippen LogP contribution in [0.2, 0.25) is 0 Å². The first kappa shape index (κ1) is 18.8. The lowest BCUT2D eigenvalue weighted by atomic mass is 10.0. The molecule has 0 spiro atoms. The molecule has 2 aromatic rings. The standard InChI is InChI=1S/C17H16F5N5O/c18-9-1-2-12(19)8(3-9)4-10(23)5-14(28)26-7-11-6-13(26)15-24-25-16(27(11)15)17(20,21)22/h1-3,10-11,13H,4-7,23H2/t10?,11-,13-/m0/s1. The van der Waals surface area contributed by atoms with E-state index < -0.39 is 41.8 Å². The van der Waals surface area contributed by atoms with Gasteiger partial charge in [0.2, 0.25) is 11.7 Å². The van der Waals surface area contributed by atoms with Gasteiger partial charge in [-0.05, 0) is 36.6 Å². The topological polar surface area (TPSA) is 77.0 Å². The number of nitrogens with two attached hydrogens (primary N) is 1. The number of hydrogen-bond acceptors (Lipinski definition) is 4. The highest BCUT2D eigenvalue weighted by atomic mass is 19.4. The molecule has 0 saturated carbocycles. The van der Waals surface area contributed by atoms with Gasteiger partial charge >= 0.3 is 6.18 Å². The van der Waals surface area contributed by atoms with E-state index in [2.05, 4.69) is 10.2 Å². The van der Waals surface area contributed by atoms with Crippen molar-refractivity contribution in [2.24, 2.45) is 5.73 Å². The van der Waals surface area contributed by atoms with Crippen LogP contribution in [0.3, 0.4) is 0 Å². The van der Waals surface area contributed by atoms with E-state index in [9.17, 15) is 26.7 Å². The molecule has 1 saturated heterocycles. The third kappa shape index (κ3) is 3.13. The van der Waals surface area contributed by atoms with Crippen LogP contribution < -0.4 is 5.73 Å². The Labute approximate surface area is 156 Å². The smallest absolute Gasteiger partial charge is 0.330 e. The molecule has 2 N–H and O–H groups in total. The molecule has 0 aliphatic carbocycles. The van der Waals surface area contributed by atoms with E-state index in [1.807, 2.05) is 0 Å². The summed E-state index contributed by atoms with van der Waals surface area (Å²) in [6.45, 7) is 0.110. The van der Waals surface area contributed by atoms with Gasteiger partial charge < -0.3 is 15.2 Å². The second-order valence-electron chi connectivity index (χ2n) is 7.11. The number of carbonyl (C=O) groups is 1. The molecule has 2 aliphatic heterocycles. The van der Waals surface area contributed by atoms with Crippen LogP contribution in [0.25, 0.3) is 0 Å². The van der Waals surface area contributed by atoms with E-state index in [1.54, 1.807) is 0 Å². The maximum atomic E-state index is 13.7. The molecule has 2 aliphatic rings. The minimum atomic E-state index is -4.61. The highest BCUT2D eigenvalue weighted by Gasteiger charge is 2.51. The van der Waals surface area contributed by atoms with Gasteiger partial charge in [-0.1, -0.05) is 0 Å². The van der Waals surface area contributed by atoms with Crippen molar-refractivity contribution in [2.75, 3.05) is 6.54 Å². The molecule has 1 aromatic heterocycles. The average Bonchev–Trinajstić information content (AvgIpc) is 3.28.